The molecule has 1 N–H and O–H groups in total. The molecule has 0 bridgehead atoms. The van der Waals surface area contributed by atoms with Crippen LogP contribution >= 0.6 is 0 Å². The van der Waals surface area contributed by atoms with Gasteiger partial charge in [0.15, 0.2) is 5.82 Å². The summed E-state index contributed by atoms with van der Waals surface area (Å²) in [7, 11) is 0. The summed E-state index contributed by atoms with van der Waals surface area (Å²) in [6.07, 6.45) is -0.181. The van der Waals surface area contributed by atoms with Crippen molar-refractivity contribution in [2.45, 2.75) is 46.3 Å². The number of carbonyl (C=O) groups is 1. The van der Waals surface area contributed by atoms with E-state index in [2.05, 4.69) is 28.7 Å². The SMILES string of the molecule is Cc1nc(C2CN(C(C)C)CCO2)nc(C)c1CC(=O)O. The molecule has 1 aromatic heterocycles. The predicted octanol–water partition coefficient (Wildman–Crippen LogP) is 1.50. The van der Waals surface area contributed by atoms with Crippen molar-refractivity contribution in [1.82, 2.24) is 14.9 Å². The molecular weight excluding hydrogens is 270 g/mol. The quantitative estimate of drug-likeness (QED) is 0.906. The lowest BCUT2D eigenvalue weighted by atomic mass is 10.1. The minimum Gasteiger partial charge on any atom is -0.481 e. The highest BCUT2D eigenvalue weighted by Gasteiger charge is 2.26. The maximum atomic E-state index is 10.9. The smallest absolute Gasteiger partial charge is 0.307 e. The number of nitrogens with zero attached hydrogens (tertiary/aromatic N) is 3. The standard InChI is InChI=1S/C15H23N3O3/c1-9(2)18-5-6-21-13(8-18)15-16-10(3)12(7-14(19)20)11(4)17-15/h9,13H,5-8H2,1-4H3,(H,19,20). The Kier molecular flexibility index (Phi) is 4.90. The van der Waals surface area contributed by atoms with Crippen LogP contribution < -0.4 is 0 Å². The molecule has 6 heteroatoms. The van der Waals surface area contributed by atoms with Crippen LogP contribution in [-0.4, -0.2) is 51.7 Å². The fourth-order valence-electron chi connectivity index (χ4n) is 2.61. The van der Waals surface area contributed by atoms with E-state index in [-0.39, 0.29) is 12.5 Å². The van der Waals surface area contributed by atoms with Gasteiger partial charge in [-0.25, -0.2) is 9.97 Å². The first kappa shape index (κ1) is 15.9. The number of hydrogen-bond donors (Lipinski definition) is 1. The van der Waals surface area contributed by atoms with E-state index in [0.717, 1.165) is 24.5 Å². The highest BCUT2D eigenvalue weighted by atomic mass is 16.5. The molecule has 6 nitrogen and oxygen atoms in total. The van der Waals surface area contributed by atoms with Crippen molar-refractivity contribution < 1.29 is 14.6 Å². The molecule has 1 unspecified atom stereocenters. The third-order valence-corrected chi connectivity index (χ3v) is 3.88. The summed E-state index contributed by atoms with van der Waals surface area (Å²) in [6.45, 7) is 10.4. The molecule has 2 heterocycles. The third kappa shape index (κ3) is 3.77. The van der Waals surface area contributed by atoms with Gasteiger partial charge in [0, 0.05) is 36.1 Å². The number of aromatic nitrogens is 2. The Morgan fingerprint density at radius 2 is 2.00 bits per heavy atom. The zero-order valence-corrected chi connectivity index (χ0v) is 13.1. The first-order valence-electron chi connectivity index (χ1n) is 7.30. The number of rotatable bonds is 4. The zero-order valence-electron chi connectivity index (χ0n) is 13.1. The number of carboxylic acid groups (broad SMARTS) is 1. The van der Waals surface area contributed by atoms with Gasteiger partial charge in [0.05, 0.1) is 13.0 Å². The summed E-state index contributed by atoms with van der Waals surface area (Å²) in [4.78, 5) is 22.2. The van der Waals surface area contributed by atoms with Crippen molar-refractivity contribution in [3.63, 3.8) is 0 Å². The molecule has 1 saturated heterocycles. The normalized spacial score (nSPS) is 20.0. The maximum Gasteiger partial charge on any atom is 0.307 e. The molecular formula is C15H23N3O3. The highest BCUT2D eigenvalue weighted by molar-refractivity contribution is 5.70. The lowest BCUT2D eigenvalue weighted by Crippen LogP contribution is -2.42. The van der Waals surface area contributed by atoms with Gasteiger partial charge in [-0.05, 0) is 27.7 Å². The molecule has 1 aliphatic rings. The molecule has 0 spiro atoms. The molecule has 0 radical (unpaired) electrons. The average molecular weight is 293 g/mol. The van der Waals surface area contributed by atoms with Crippen LogP contribution in [0.4, 0.5) is 0 Å². The van der Waals surface area contributed by atoms with E-state index in [0.29, 0.717) is 24.0 Å². The van der Waals surface area contributed by atoms with E-state index in [1.54, 1.807) is 0 Å². The topological polar surface area (TPSA) is 75.5 Å². The molecule has 0 aliphatic carbocycles. The van der Waals surface area contributed by atoms with Crippen molar-refractivity contribution in [3.05, 3.63) is 22.8 Å². The van der Waals surface area contributed by atoms with E-state index in [9.17, 15) is 4.79 Å². The number of aliphatic carboxylic acids is 1. The Labute approximate surface area is 125 Å². The van der Waals surface area contributed by atoms with E-state index in [1.165, 1.54) is 0 Å². The van der Waals surface area contributed by atoms with Crippen LogP contribution in [0.5, 0.6) is 0 Å². The van der Waals surface area contributed by atoms with Gasteiger partial charge in [-0.3, -0.25) is 9.69 Å². The summed E-state index contributed by atoms with van der Waals surface area (Å²) in [5.74, 6) is -0.207. The molecule has 21 heavy (non-hydrogen) atoms. The van der Waals surface area contributed by atoms with Crippen molar-refractivity contribution in [3.8, 4) is 0 Å². The summed E-state index contributed by atoms with van der Waals surface area (Å²) < 4.78 is 5.79. The fraction of sp³-hybridized carbons (Fsp3) is 0.667. The van der Waals surface area contributed by atoms with Crippen molar-refractivity contribution in [1.29, 1.82) is 0 Å². The van der Waals surface area contributed by atoms with Crippen molar-refractivity contribution in [2.24, 2.45) is 0 Å². The van der Waals surface area contributed by atoms with Crippen LogP contribution in [0.3, 0.4) is 0 Å². The first-order valence-corrected chi connectivity index (χ1v) is 7.30. The first-order chi connectivity index (χ1) is 9.88. The van der Waals surface area contributed by atoms with E-state index in [1.807, 2.05) is 13.8 Å². The number of hydrogen-bond acceptors (Lipinski definition) is 5. The average Bonchev–Trinajstić information content (AvgIpc) is 2.42. The second-order valence-corrected chi connectivity index (χ2v) is 5.75. The zero-order chi connectivity index (χ0) is 15.6. The number of morpholine rings is 1. The van der Waals surface area contributed by atoms with E-state index >= 15 is 0 Å². The maximum absolute atomic E-state index is 10.9. The van der Waals surface area contributed by atoms with Crippen molar-refractivity contribution >= 4 is 5.97 Å². The van der Waals surface area contributed by atoms with Crippen LogP contribution in [0.2, 0.25) is 0 Å². The Balaban J connectivity index is 2.22. The van der Waals surface area contributed by atoms with E-state index < -0.39 is 5.97 Å². The van der Waals surface area contributed by atoms with Gasteiger partial charge in [-0.2, -0.15) is 0 Å². The third-order valence-electron chi connectivity index (χ3n) is 3.88. The molecule has 116 valence electrons. The number of aryl methyl sites for hydroxylation is 2. The van der Waals surface area contributed by atoms with Gasteiger partial charge in [0.25, 0.3) is 0 Å². The fourth-order valence-corrected chi connectivity index (χ4v) is 2.61. The lowest BCUT2D eigenvalue weighted by Gasteiger charge is -2.35. The minimum absolute atomic E-state index is 0.0401. The van der Waals surface area contributed by atoms with Crippen LogP contribution in [0.25, 0.3) is 0 Å². The van der Waals surface area contributed by atoms with Gasteiger partial charge >= 0.3 is 5.97 Å². The summed E-state index contributed by atoms with van der Waals surface area (Å²) in [6, 6.07) is 0.463. The molecule has 1 aromatic rings. The Morgan fingerprint density at radius 3 is 2.52 bits per heavy atom. The molecule has 1 aliphatic heterocycles. The second kappa shape index (κ2) is 6.49. The largest absolute Gasteiger partial charge is 0.481 e. The van der Waals surface area contributed by atoms with Crippen LogP contribution in [0.15, 0.2) is 0 Å². The van der Waals surface area contributed by atoms with Crippen LogP contribution in [-0.2, 0) is 16.0 Å². The molecule has 0 aromatic carbocycles. The Bertz CT molecular complexity index is 508. The molecule has 0 amide bonds. The van der Waals surface area contributed by atoms with Gasteiger partial charge in [-0.1, -0.05) is 0 Å². The monoisotopic (exact) mass is 293 g/mol. The summed E-state index contributed by atoms with van der Waals surface area (Å²) in [5, 5.41) is 8.94. The minimum atomic E-state index is -0.863. The lowest BCUT2D eigenvalue weighted by molar-refractivity contribution is -0.136. The molecule has 1 atom stereocenters. The van der Waals surface area contributed by atoms with Gasteiger partial charge in [0.2, 0.25) is 0 Å². The van der Waals surface area contributed by atoms with Crippen LogP contribution in [0.1, 0.15) is 42.7 Å². The van der Waals surface area contributed by atoms with Gasteiger partial charge in [0.1, 0.15) is 6.10 Å². The van der Waals surface area contributed by atoms with Crippen LogP contribution in [0, 0.1) is 13.8 Å². The van der Waals surface area contributed by atoms with E-state index in [4.69, 9.17) is 9.84 Å². The molecule has 2 rings (SSSR count). The second-order valence-electron chi connectivity index (χ2n) is 5.75. The molecule has 0 saturated carbocycles. The number of carboxylic acids is 1. The molecule has 1 fully saturated rings. The van der Waals surface area contributed by atoms with Gasteiger partial charge in [-0.15, -0.1) is 0 Å². The number of ether oxygens (including phenoxy) is 1. The summed E-state index contributed by atoms with van der Waals surface area (Å²) in [5.41, 5.74) is 2.15. The predicted molar refractivity (Wildman–Crippen MR) is 78.2 cm³/mol. The Morgan fingerprint density at radius 1 is 1.38 bits per heavy atom. The Hall–Kier alpha value is -1.53. The summed E-state index contributed by atoms with van der Waals surface area (Å²) >= 11 is 0. The highest BCUT2D eigenvalue weighted by Crippen LogP contribution is 2.22. The van der Waals surface area contributed by atoms with Gasteiger partial charge < -0.3 is 9.84 Å². The van der Waals surface area contributed by atoms with Crippen molar-refractivity contribution in [2.75, 3.05) is 19.7 Å².